The van der Waals surface area contributed by atoms with E-state index in [0.29, 0.717) is 0 Å². The van der Waals surface area contributed by atoms with Crippen LogP contribution in [0.5, 0.6) is 0 Å². The Morgan fingerprint density at radius 3 is 2.67 bits per heavy atom. The van der Waals surface area contributed by atoms with Crippen molar-refractivity contribution in [1.82, 2.24) is 4.90 Å². The second kappa shape index (κ2) is 2.69. The molecule has 1 unspecified atom stereocenters. The van der Waals surface area contributed by atoms with Crippen LogP contribution in [-0.4, -0.2) is 22.8 Å². The van der Waals surface area contributed by atoms with Crippen molar-refractivity contribution in [3.63, 3.8) is 0 Å². The van der Waals surface area contributed by atoms with Gasteiger partial charge in [0.25, 0.3) is 0 Å². The van der Waals surface area contributed by atoms with E-state index in [0.717, 1.165) is 6.54 Å². The zero-order chi connectivity index (χ0) is 6.69. The van der Waals surface area contributed by atoms with E-state index < -0.39 is 0 Å². The Hall–Kier alpha value is -0.760. The summed E-state index contributed by atoms with van der Waals surface area (Å²) < 4.78 is 0. The smallest absolute Gasteiger partial charge is 0.123 e. The fourth-order valence-electron chi connectivity index (χ4n) is 0.759. The van der Waals surface area contributed by atoms with Crippen LogP contribution in [0.15, 0.2) is 24.4 Å². The van der Waals surface area contributed by atoms with Crippen molar-refractivity contribution in [2.75, 3.05) is 6.54 Å². The van der Waals surface area contributed by atoms with Crippen molar-refractivity contribution in [3.05, 3.63) is 24.4 Å². The van der Waals surface area contributed by atoms with Gasteiger partial charge in [-0.1, -0.05) is 12.2 Å². The third-order valence-corrected chi connectivity index (χ3v) is 1.32. The van der Waals surface area contributed by atoms with E-state index in [9.17, 15) is 0 Å². The van der Waals surface area contributed by atoms with Gasteiger partial charge in [-0.05, 0) is 13.0 Å². The van der Waals surface area contributed by atoms with Crippen molar-refractivity contribution in [3.8, 4) is 0 Å². The fraction of sp³-hybridized carbons (Fsp3) is 0.429. The minimum Gasteiger partial charge on any atom is -0.374 e. The number of rotatable bonds is 1. The molecule has 0 amide bonds. The molecule has 1 N–H and O–H groups in total. The van der Waals surface area contributed by atoms with Crippen LogP contribution >= 0.6 is 0 Å². The van der Waals surface area contributed by atoms with Crippen molar-refractivity contribution in [2.24, 2.45) is 0 Å². The number of aliphatic hydroxyl groups is 1. The molecule has 1 heterocycles. The Balaban J connectivity index is 2.46. The molecule has 1 aliphatic heterocycles. The number of aliphatic hydroxyl groups excluding tert-OH is 1. The zero-order valence-electron chi connectivity index (χ0n) is 5.49. The molecule has 0 fully saturated rings. The number of hydrogen-bond acceptors (Lipinski definition) is 2. The molecular formula is C7H11NO. The highest BCUT2D eigenvalue weighted by atomic mass is 16.3. The van der Waals surface area contributed by atoms with E-state index in [1.807, 2.05) is 29.3 Å². The van der Waals surface area contributed by atoms with Gasteiger partial charge >= 0.3 is 0 Å². The molecule has 9 heavy (non-hydrogen) atoms. The molecule has 0 bridgehead atoms. The van der Waals surface area contributed by atoms with E-state index in [-0.39, 0.29) is 6.23 Å². The summed E-state index contributed by atoms with van der Waals surface area (Å²) >= 11 is 0. The van der Waals surface area contributed by atoms with Gasteiger partial charge in [0.15, 0.2) is 0 Å². The first kappa shape index (κ1) is 6.36. The van der Waals surface area contributed by atoms with Gasteiger partial charge in [-0.25, -0.2) is 0 Å². The monoisotopic (exact) mass is 125 g/mol. The Labute approximate surface area is 55.1 Å². The lowest BCUT2D eigenvalue weighted by Gasteiger charge is -2.23. The molecule has 50 valence electrons. The summed E-state index contributed by atoms with van der Waals surface area (Å²) in [5.41, 5.74) is 0. The van der Waals surface area contributed by atoms with Crippen LogP contribution in [0, 0.1) is 0 Å². The summed E-state index contributed by atoms with van der Waals surface area (Å²) in [5.74, 6) is 0. The Kier molecular flexibility index (Phi) is 1.90. The molecule has 1 rings (SSSR count). The Morgan fingerprint density at radius 1 is 1.56 bits per heavy atom. The van der Waals surface area contributed by atoms with Crippen LogP contribution in [0.3, 0.4) is 0 Å². The molecule has 2 nitrogen and oxygen atoms in total. The second-order valence-electron chi connectivity index (χ2n) is 2.10. The maximum Gasteiger partial charge on any atom is 0.123 e. The summed E-state index contributed by atoms with van der Waals surface area (Å²) in [6.07, 6.45) is 7.40. The molecule has 2 heteroatoms. The molecule has 0 spiro atoms. The Bertz CT molecular complexity index is 138. The standard InChI is InChI=1S/C7H11NO/c1-7(9)8-5-3-2-4-6-8/h2-5,7,9H,6H2,1H3. The van der Waals surface area contributed by atoms with Crippen LogP contribution in [0.2, 0.25) is 0 Å². The van der Waals surface area contributed by atoms with Crippen molar-refractivity contribution >= 4 is 0 Å². The molecule has 0 saturated heterocycles. The van der Waals surface area contributed by atoms with Gasteiger partial charge in [0.1, 0.15) is 6.23 Å². The van der Waals surface area contributed by atoms with E-state index in [1.54, 1.807) is 6.92 Å². The highest BCUT2D eigenvalue weighted by Crippen LogP contribution is 2.00. The molecule has 0 aromatic rings. The van der Waals surface area contributed by atoms with Crippen LogP contribution in [0.1, 0.15) is 6.92 Å². The molecule has 0 aliphatic carbocycles. The average molecular weight is 125 g/mol. The molecule has 0 aromatic carbocycles. The second-order valence-corrected chi connectivity index (χ2v) is 2.10. The van der Waals surface area contributed by atoms with Crippen molar-refractivity contribution in [2.45, 2.75) is 13.2 Å². The summed E-state index contributed by atoms with van der Waals surface area (Å²) in [4.78, 5) is 1.85. The summed E-state index contributed by atoms with van der Waals surface area (Å²) in [5, 5.41) is 9.02. The maximum absolute atomic E-state index is 9.02. The molecule has 1 atom stereocenters. The van der Waals surface area contributed by atoms with E-state index >= 15 is 0 Å². The van der Waals surface area contributed by atoms with Crippen molar-refractivity contribution in [1.29, 1.82) is 0 Å². The van der Waals surface area contributed by atoms with Crippen LogP contribution in [0.4, 0.5) is 0 Å². The molecule has 1 aliphatic rings. The fourth-order valence-corrected chi connectivity index (χ4v) is 0.759. The largest absolute Gasteiger partial charge is 0.374 e. The number of nitrogens with zero attached hydrogens (tertiary/aromatic N) is 1. The topological polar surface area (TPSA) is 23.5 Å². The van der Waals surface area contributed by atoms with E-state index in [1.165, 1.54) is 0 Å². The highest BCUT2D eigenvalue weighted by Gasteiger charge is 2.03. The SMILES string of the molecule is CC(O)N1C=CC=CC1. The third kappa shape index (κ3) is 1.57. The lowest BCUT2D eigenvalue weighted by Crippen LogP contribution is -2.28. The predicted octanol–water partition coefficient (Wildman–Crippen LogP) is 0.710. The molecular weight excluding hydrogens is 114 g/mol. The van der Waals surface area contributed by atoms with Crippen LogP contribution in [0.25, 0.3) is 0 Å². The lowest BCUT2D eigenvalue weighted by molar-refractivity contribution is 0.0618. The normalized spacial score (nSPS) is 20.4. The van der Waals surface area contributed by atoms with E-state index in [2.05, 4.69) is 0 Å². The summed E-state index contributed by atoms with van der Waals surface area (Å²) in [6, 6.07) is 0. The van der Waals surface area contributed by atoms with Gasteiger partial charge in [0.2, 0.25) is 0 Å². The first-order valence-electron chi connectivity index (χ1n) is 3.08. The lowest BCUT2D eigenvalue weighted by atomic mass is 10.3. The van der Waals surface area contributed by atoms with Gasteiger partial charge < -0.3 is 10.0 Å². The average Bonchev–Trinajstić information content (AvgIpc) is 1.90. The van der Waals surface area contributed by atoms with Gasteiger partial charge in [-0.2, -0.15) is 0 Å². The first-order chi connectivity index (χ1) is 4.30. The van der Waals surface area contributed by atoms with Gasteiger partial charge in [0, 0.05) is 12.7 Å². The summed E-state index contributed by atoms with van der Waals surface area (Å²) in [6.45, 7) is 2.57. The summed E-state index contributed by atoms with van der Waals surface area (Å²) in [7, 11) is 0. The molecule has 0 saturated carbocycles. The van der Waals surface area contributed by atoms with Crippen LogP contribution in [-0.2, 0) is 0 Å². The van der Waals surface area contributed by atoms with Gasteiger partial charge in [0.05, 0.1) is 0 Å². The first-order valence-corrected chi connectivity index (χ1v) is 3.08. The Morgan fingerprint density at radius 2 is 2.33 bits per heavy atom. The molecule has 0 aromatic heterocycles. The minimum absolute atomic E-state index is 0.369. The zero-order valence-corrected chi connectivity index (χ0v) is 5.49. The van der Waals surface area contributed by atoms with Gasteiger partial charge in [-0.15, -0.1) is 0 Å². The maximum atomic E-state index is 9.02. The van der Waals surface area contributed by atoms with E-state index in [4.69, 9.17) is 5.11 Å². The van der Waals surface area contributed by atoms with Crippen molar-refractivity contribution < 1.29 is 5.11 Å². The highest BCUT2D eigenvalue weighted by molar-refractivity contribution is 5.08. The molecule has 0 radical (unpaired) electrons. The minimum atomic E-state index is -0.369. The quantitative estimate of drug-likeness (QED) is 0.558. The van der Waals surface area contributed by atoms with Crippen LogP contribution < -0.4 is 0 Å². The predicted molar refractivity (Wildman–Crippen MR) is 36.7 cm³/mol. The third-order valence-electron chi connectivity index (χ3n) is 1.32. The van der Waals surface area contributed by atoms with Gasteiger partial charge in [-0.3, -0.25) is 0 Å². The number of allylic oxidation sites excluding steroid dienone is 2. The number of hydrogen-bond donors (Lipinski definition) is 1.